The van der Waals surface area contributed by atoms with Crippen molar-refractivity contribution < 1.29 is 14.3 Å². The van der Waals surface area contributed by atoms with E-state index >= 15 is 0 Å². The summed E-state index contributed by atoms with van der Waals surface area (Å²) in [6, 6.07) is 17.2. The van der Waals surface area contributed by atoms with Crippen LogP contribution in [0.2, 0.25) is 0 Å². The molecule has 0 bridgehead atoms. The Balaban J connectivity index is 1.86. The molecule has 0 saturated carbocycles. The van der Waals surface area contributed by atoms with Gasteiger partial charge in [0.25, 0.3) is 0 Å². The quantitative estimate of drug-likeness (QED) is 0.623. The Morgan fingerprint density at radius 1 is 1.09 bits per heavy atom. The number of Topliss-reactive ketones (excluding diaryl/α,β-unsaturated/α-hetero) is 1. The lowest BCUT2D eigenvalue weighted by Gasteiger charge is -2.22. The van der Waals surface area contributed by atoms with Crippen LogP contribution in [0.25, 0.3) is 0 Å². The Labute approximate surface area is 135 Å². The maximum atomic E-state index is 12.6. The number of carbonyl (C=O) groups is 2. The molecule has 0 unspecified atom stereocenters. The molecule has 1 heterocycles. The summed E-state index contributed by atoms with van der Waals surface area (Å²) in [6.45, 7) is 2.02. The maximum absolute atomic E-state index is 12.6. The number of cyclic esters (lactones) is 1. The molecule has 0 N–H and O–H groups in total. The van der Waals surface area contributed by atoms with Crippen LogP contribution in [0.3, 0.4) is 0 Å². The third-order valence-electron chi connectivity index (χ3n) is 4.08. The first-order valence-corrected chi connectivity index (χ1v) is 7.67. The Morgan fingerprint density at radius 2 is 1.78 bits per heavy atom. The van der Waals surface area contributed by atoms with Gasteiger partial charge < -0.3 is 4.74 Å². The van der Waals surface area contributed by atoms with Gasteiger partial charge in [-0.1, -0.05) is 60.2 Å². The van der Waals surface area contributed by atoms with Crippen LogP contribution in [0.1, 0.15) is 33.8 Å². The van der Waals surface area contributed by atoms with Crippen molar-refractivity contribution in [3.8, 4) is 0 Å². The van der Waals surface area contributed by atoms with Crippen molar-refractivity contribution in [1.82, 2.24) is 0 Å². The largest absolute Gasteiger partial charge is 0.454 e. The van der Waals surface area contributed by atoms with Gasteiger partial charge in [-0.15, -0.1) is 0 Å². The number of carbonyl (C=O) groups excluding carboxylic acids is 2. The van der Waals surface area contributed by atoms with E-state index in [1.165, 1.54) is 6.08 Å². The highest BCUT2D eigenvalue weighted by Crippen LogP contribution is 2.30. The first-order valence-electron chi connectivity index (χ1n) is 7.67. The number of hydrogen-bond donors (Lipinski definition) is 0. The van der Waals surface area contributed by atoms with Crippen LogP contribution in [-0.2, 0) is 9.53 Å². The molecule has 3 heteroatoms. The molecule has 2 aromatic rings. The van der Waals surface area contributed by atoms with Crippen LogP contribution in [0.5, 0.6) is 0 Å². The van der Waals surface area contributed by atoms with Gasteiger partial charge in [0.05, 0.1) is 0 Å². The molecule has 116 valence electrons. The average Bonchev–Trinajstić information content (AvgIpc) is 3.00. The summed E-state index contributed by atoms with van der Waals surface area (Å²) in [5, 5.41) is 0. The maximum Gasteiger partial charge on any atom is 0.331 e. The lowest BCUT2D eigenvalue weighted by Crippen LogP contribution is -2.21. The summed E-state index contributed by atoms with van der Waals surface area (Å²) in [5.41, 5.74) is 2.84. The summed E-state index contributed by atoms with van der Waals surface area (Å²) < 4.78 is 5.34. The first-order chi connectivity index (χ1) is 11.1. The molecule has 0 spiro atoms. The zero-order valence-corrected chi connectivity index (χ0v) is 12.9. The van der Waals surface area contributed by atoms with E-state index in [2.05, 4.69) is 0 Å². The Hall–Kier alpha value is -2.68. The van der Waals surface area contributed by atoms with E-state index in [1.807, 2.05) is 61.5 Å². The fraction of sp³-hybridized carbons (Fsp3) is 0.200. The van der Waals surface area contributed by atoms with Gasteiger partial charge in [-0.05, 0) is 18.6 Å². The lowest BCUT2D eigenvalue weighted by atomic mass is 9.87. The predicted molar refractivity (Wildman–Crippen MR) is 88.3 cm³/mol. The van der Waals surface area contributed by atoms with E-state index in [0.717, 1.165) is 11.1 Å². The van der Waals surface area contributed by atoms with Gasteiger partial charge in [0.1, 0.15) is 6.10 Å². The van der Waals surface area contributed by atoms with E-state index in [9.17, 15) is 9.59 Å². The predicted octanol–water partition coefficient (Wildman–Crippen LogP) is 3.83. The second-order valence-electron chi connectivity index (χ2n) is 5.77. The van der Waals surface area contributed by atoms with Crippen molar-refractivity contribution in [2.75, 3.05) is 0 Å². The highest BCUT2D eigenvalue weighted by atomic mass is 16.5. The van der Waals surface area contributed by atoms with Crippen LogP contribution in [0.4, 0.5) is 0 Å². The Morgan fingerprint density at radius 3 is 2.39 bits per heavy atom. The number of hydrogen-bond acceptors (Lipinski definition) is 3. The third kappa shape index (κ3) is 3.57. The number of benzene rings is 2. The minimum absolute atomic E-state index is 0.0486. The molecule has 2 aromatic carbocycles. The van der Waals surface area contributed by atoms with Crippen molar-refractivity contribution in [3.63, 3.8) is 0 Å². The molecular formula is C20H18O3. The molecule has 0 fully saturated rings. The minimum atomic E-state index is -0.391. The molecule has 0 aliphatic carbocycles. The number of rotatable bonds is 5. The van der Waals surface area contributed by atoms with Crippen molar-refractivity contribution >= 4 is 11.8 Å². The summed E-state index contributed by atoms with van der Waals surface area (Å²) >= 11 is 0. The summed E-state index contributed by atoms with van der Waals surface area (Å²) in [7, 11) is 0. The standard InChI is InChI=1S/C20H18O3/c1-14-7-9-15(10-8-14)17(19-11-12-20(22)23-19)13-18(21)16-5-3-2-4-6-16/h2-12,17,19H,13H2,1H3/t17-,19+/m1/s1. The Bertz CT molecular complexity index is 729. The second-order valence-corrected chi connectivity index (χ2v) is 5.77. The van der Waals surface area contributed by atoms with E-state index < -0.39 is 6.10 Å². The van der Waals surface area contributed by atoms with Crippen LogP contribution >= 0.6 is 0 Å². The normalized spacial score (nSPS) is 17.8. The summed E-state index contributed by atoms with van der Waals surface area (Å²) in [6.07, 6.45) is 3.08. The Kier molecular flexibility index (Phi) is 4.38. The first kappa shape index (κ1) is 15.2. The molecule has 3 rings (SSSR count). The number of aryl methyl sites for hydroxylation is 1. The molecule has 0 radical (unpaired) electrons. The zero-order valence-electron chi connectivity index (χ0n) is 12.9. The molecule has 1 aliphatic rings. The molecule has 2 atom stereocenters. The molecule has 1 aliphatic heterocycles. The van der Waals surface area contributed by atoms with Gasteiger partial charge in [-0.2, -0.15) is 0 Å². The van der Waals surface area contributed by atoms with E-state index in [-0.39, 0.29) is 17.7 Å². The van der Waals surface area contributed by atoms with Crippen LogP contribution in [0, 0.1) is 6.92 Å². The summed E-state index contributed by atoms with van der Waals surface area (Å²) in [5.74, 6) is -0.474. The minimum Gasteiger partial charge on any atom is -0.454 e. The molecule has 0 aromatic heterocycles. The van der Waals surface area contributed by atoms with Gasteiger partial charge in [0.15, 0.2) is 5.78 Å². The number of ether oxygens (including phenoxy) is 1. The van der Waals surface area contributed by atoms with Gasteiger partial charge in [-0.3, -0.25) is 4.79 Å². The number of esters is 1. The lowest BCUT2D eigenvalue weighted by molar-refractivity contribution is -0.139. The fourth-order valence-electron chi connectivity index (χ4n) is 2.78. The van der Waals surface area contributed by atoms with Gasteiger partial charge >= 0.3 is 5.97 Å². The molecule has 3 nitrogen and oxygen atoms in total. The van der Waals surface area contributed by atoms with Gasteiger partial charge in [0.2, 0.25) is 0 Å². The fourth-order valence-corrected chi connectivity index (χ4v) is 2.78. The number of ketones is 1. The smallest absolute Gasteiger partial charge is 0.331 e. The van der Waals surface area contributed by atoms with Crippen LogP contribution < -0.4 is 0 Å². The van der Waals surface area contributed by atoms with Crippen molar-refractivity contribution in [3.05, 3.63) is 83.4 Å². The van der Waals surface area contributed by atoms with E-state index in [1.54, 1.807) is 6.08 Å². The van der Waals surface area contributed by atoms with Gasteiger partial charge in [0, 0.05) is 24.0 Å². The SMILES string of the molecule is Cc1ccc([C@@H](CC(=O)c2ccccc2)[C@@H]2C=CC(=O)O2)cc1. The van der Waals surface area contributed by atoms with Gasteiger partial charge in [-0.25, -0.2) is 4.79 Å². The van der Waals surface area contributed by atoms with Crippen molar-refractivity contribution in [1.29, 1.82) is 0 Å². The van der Waals surface area contributed by atoms with Crippen molar-refractivity contribution in [2.24, 2.45) is 0 Å². The molecular weight excluding hydrogens is 288 g/mol. The molecule has 0 saturated heterocycles. The summed E-state index contributed by atoms with van der Waals surface area (Å²) in [4.78, 5) is 24.0. The highest BCUT2D eigenvalue weighted by Gasteiger charge is 2.30. The van der Waals surface area contributed by atoms with Crippen LogP contribution in [0.15, 0.2) is 66.7 Å². The third-order valence-corrected chi connectivity index (χ3v) is 4.08. The topological polar surface area (TPSA) is 43.4 Å². The van der Waals surface area contributed by atoms with Crippen LogP contribution in [-0.4, -0.2) is 17.9 Å². The second kappa shape index (κ2) is 6.61. The highest BCUT2D eigenvalue weighted by molar-refractivity contribution is 5.96. The van der Waals surface area contributed by atoms with Crippen molar-refractivity contribution in [2.45, 2.75) is 25.4 Å². The monoisotopic (exact) mass is 306 g/mol. The average molecular weight is 306 g/mol. The van der Waals surface area contributed by atoms with E-state index in [4.69, 9.17) is 4.74 Å². The zero-order chi connectivity index (χ0) is 16.2. The van der Waals surface area contributed by atoms with E-state index in [0.29, 0.717) is 12.0 Å². The molecule has 0 amide bonds. The molecule has 23 heavy (non-hydrogen) atoms.